The molecule has 0 spiro atoms. The number of rotatable bonds is 4. The van der Waals surface area contributed by atoms with Crippen LogP contribution in [0.3, 0.4) is 0 Å². The van der Waals surface area contributed by atoms with Gasteiger partial charge in [-0.15, -0.1) is 0 Å². The molecule has 2 fully saturated rings. The van der Waals surface area contributed by atoms with Crippen molar-refractivity contribution >= 4 is 5.91 Å². The summed E-state index contributed by atoms with van der Waals surface area (Å²) in [6, 6.07) is 0.590. The number of hydrogen-bond acceptors (Lipinski definition) is 3. The van der Waals surface area contributed by atoms with Crippen molar-refractivity contribution in [3.05, 3.63) is 0 Å². The Morgan fingerprint density at radius 1 is 1.17 bits per heavy atom. The largest absolute Gasteiger partial charge is 0.393 e. The van der Waals surface area contributed by atoms with E-state index in [2.05, 4.69) is 10.6 Å². The monoisotopic (exact) mass is 254 g/mol. The highest BCUT2D eigenvalue weighted by atomic mass is 16.3. The first kappa shape index (κ1) is 13.8. The standard InChI is InChI=1S/C14H26N2O2/c17-13-6-4-11(5-7-13)14(18)16-10-8-12-3-1-2-9-15-12/h11-13,15,17H,1-10H2,(H,16,18)/t11?,12-,13?/m0/s1. The topological polar surface area (TPSA) is 61.4 Å². The molecule has 0 radical (unpaired) electrons. The van der Waals surface area contributed by atoms with Gasteiger partial charge in [0.2, 0.25) is 5.91 Å². The van der Waals surface area contributed by atoms with E-state index in [1.165, 1.54) is 19.3 Å². The van der Waals surface area contributed by atoms with E-state index in [9.17, 15) is 9.90 Å². The molecule has 0 aromatic rings. The second kappa shape index (κ2) is 7.10. The summed E-state index contributed by atoms with van der Waals surface area (Å²) in [6.07, 6.45) is 7.94. The maximum Gasteiger partial charge on any atom is 0.223 e. The van der Waals surface area contributed by atoms with Crippen molar-refractivity contribution in [2.24, 2.45) is 5.92 Å². The quantitative estimate of drug-likeness (QED) is 0.706. The molecule has 0 aromatic heterocycles. The van der Waals surface area contributed by atoms with E-state index in [-0.39, 0.29) is 17.9 Å². The highest BCUT2D eigenvalue weighted by Crippen LogP contribution is 2.24. The van der Waals surface area contributed by atoms with E-state index in [0.29, 0.717) is 6.04 Å². The number of piperidine rings is 1. The van der Waals surface area contributed by atoms with Crippen LogP contribution in [0.5, 0.6) is 0 Å². The minimum Gasteiger partial charge on any atom is -0.393 e. The third kappa shape index (κ3) is 4.25. The van der Waals surface area contributed by atoms with Crippen molar-refractivity contribution in [2.75, 3.05) is 13.1 Å². The lowest BCUT2D eigenvalue weighted by atomic mass is 9.87. The van der Waals surface area contributed by atoms with Crippen LogP contribution in [-0.2, 0) is 4.79 Å². The zero-order valence-electron chi connectivity index (χ0n) is 11.2. The molecule has 1 heterocycles. The van der Waals surface area contributed by atoms with E-state index >= 15 is 0 Å². The molecule has 104 valence electrons. The van der Waals surface area contributed by atoms with Gasteiger partial charge in [-0.3, -0.25) is 4.79 Å². The van der Waals surface area contributed by atoms with E-state index in [4.69, 9.17) is 0 Å². The Kier molecular flexibility index (Phi) is 5.45. The molecule has 0 unspecified atom stereocenters. The summed E-state index contributed by atoms with van der Waals surface area (Å²) in [6.45, 7) is 1.91. The van der Waals surface area contributed by atoms with Crippen LogP contribution >= 0.6 is 0 Å². The average molecular weight is 254 g/mol. The second-order valence-corrected chi connectivity index (χ2v) is 5.73. The van der Waals surface area contributed by atoms with Crippen LogP contribution < -0.4 is 10.6 Å². The summed E-state index contributed by atoms with van der Waals surface area (Å²) < 4.78 is 0. The number of nitrogens with one attached hydrogen (secondary N) is 2. The zero-order valence-corrected chi connectivity index (χ0v) is 11.2. The third-order valence-corrected chi connectivity index (χ3v) is 4.27. The number of aliphatic hydroxyl groups is 1. The molecule has 1 saturated carbocycles. The van der Waals surface area contributed by atoms with E-state index in [1.807, 2.05) is 0 Å². The van der Waals surface area contributed by atoms with Gasteiger partial charge in [0, 0.05) is 18.5 Å². The molecule has 4 heteroatoms. The van der Waals surface area contributed by atoms with Crippen LogP contribution in [0.2, 0.25) is 0 Å². The molecule has 0 bridgehead atoms. The summed E-state index contributed by atoms with van der Waals surface area (Å²) in [7, 11) is 0. The molecule has 2 aliphatic rings. The van der Waals surface area contributed by atoms with E-state index in [1.54, 1.807) is 0 Å². The summed E-state index contributed by atoms with van der Waals surface area (Å²) in [4.78, 5) is 11.9. The molecular weight excluding hydrogens is 228 g/mol. The Bertz CT molecular complexity index is 257. The highest BCUT2D eigenvalue weighted by molar-refractivity contribution is 5.78. The fourth-order valence-electron chi connectivity index (χ4n) is 3.02. The Morgan fingerprint density at radius 3 is 2.61 bits per heavy atom. The molecule has 1 saturated heterocycles. The highest BCUT2D eigenvalue weighted by Gasteiger charge is 2.25. The van der Waals surface area contributed by atoms with Crippen molar-refractivity contribution in [1.29, 1.82) is 0 Å². The van der Waals surface area contributed by atoms with Gasteiger partial charge in [0.15, 0.2) is 0 Å². The third-order valence-electron chi connectivity index (χ3n) is 4.27. The second-order valence-electron chi connectivity index (χ2n) is 5.73. The number of carbonyl (C=O) groups excluding carboxylic acids is 1. The number of amides is 1. The average Bonchev–Trinajstić information content (AvgIpc) is 2.40. The van der Waals surface area contributed by atoms with Crippen molar-refractivity contribution in [1.82, 2.24) is 10.6 Å². The lowest BCUT2D eigenvalue weighted by Gasteiger charge is -2.26. The first-order valence-electron chi connectivity index (χ1n) is 7.45. The van der Waals surface area contributed by atoms with Crippen molar-refractivity contribution in [3.63, 3.8) is 0 Å². The SMILES string of the molecule is O=C(NCC[C@@H]1CCCCN1)C1CCC(O)CC1. The Labute approximate surface area is 110 Å². The number of aliphatic hydroxyl groups excluding tert-OH is 1. The van der Waals surface area contributed by atoms with Gasteiger partial charge in [0.25, 0.3) is 0 Å². The molecule has 3 N–H and O–H groups in total. The van der Waals surface area contributed by atoms with Gasteiger partial charge in [0.05, 0.1) is 6.10 Å². The fourth-order valence-corrected chi connectivity index (χ4v) is 3.02. The first-order chi connectivity index (χ1) is 8.75. The van der Waals surface area contributed by atoms with Gasteiger partial charge in [-0.05, 0) is 51.5 Å². The molecular formula is C14H26N2O2. The van der Waals surface area contributed by atoms with Gasteiger partial charge >= 0.3 is 0 Å². The van der Waals surface area contributed by atoms with Crippen molar-refractivity contribution in [2.45, 2.75) is 63.5 Å². The maximum absolute atomic E-state index is 11.9. The summed E-state index contributed by atoms with van der Waals surface area (Å²) in [5, 5.41) is 16.0. The predicted molar refractivity (Wildman–Crippen MR) is 71.2 cm³/mol. The molecule has 4 nitrogen and oxygen atoms in total. The van der Waals surface area contributed by atoms with Crippen LogP contribution in [0, 0.1) is 5.92 Å². The maximum atomic E-state index is 11.9. The summed E-state index contributed by atoms with van der Waals surface area (Å²) >= 11 is 0. The molecule has 1 atom stereocenters. The smallest absolute Gasteiger partial charge is 0.223 e. The van der Waals surface area contributed by atoms with Crippen LogP contribution in [0.25, 0.3) is 0 Å². The normalized spacial score (nSPS) is 33.1. The predicted octanol–water partition coefficient (Wildman–Crippen LogP) is 1.19. The number of hydrogen-bond donors (Lipinski definition) is 3. The van der Waals surface area contributed by atoms with Gasteiger partial charge in [-0.25, -0.2) is 0 Å². The summed E-state index contributed by atoms with van der Waals surface area (Å²) in [5.41, 5.74) is 0. The zero-order chi connectivity index (χ0) is 12.8. The lowest BCUT2D eigenvalue weighted by Crippen LogP contribution is -2.39. The minimum absolute atomic E-state index is 0.132. The van der Waals surface area contributed by atoms with Crippen molar-refractivity contribution in [3.8, 4) is 0 Å². The minimum atomic E-state index is -0.180. The molecule has 1 amide bonds. The van der Waals surface area contributed by atoms with Gasteiger partial charge < -0.3 is 15.7 Å². The van der Waals surface area contributed by atoms with E-state index in [0.717, 1.165) is 45.2 Å². The first-order valence-corrected chi connectivity index (χ1v) is 7.45. The molecule has 1 aliphatic carbocycles. The molecule has 2 rings (SSSR count). The Hall–Kier alpha value is -0.610. The van der Waals surface area contributed by atoms with Crippen LogP contribution in [0.1, 0.15) is 51.4 Å². The fraction of sp³-hybridized carbons (Fsp3) is 0.929. The van der Waals surface area contributed by atoms with Gasteiger partial charge in [-0.1, -0.05) is 6.42 Å². The molecule has 1 aliphatic heterocycles. The van der Waals surface area contributed by atoms with Gasteiger partial charge in [-0.2, -0.15) is 0 Å². The van der Waals surface area contributed by atoms with E-state index < -0.39 is 0 Å². The summed E-state index contributed by atoms with van der Waals surface area (Å²) in [5.74, 6) is 0.324. The Balaban J connectivity index is 1.59. The van der Waals surface area contributed by atoms with Crippen molar-refractivity contribution < 1.29 is 9.90 Å². The molecule has 18 heavy (non-hydrogen) atoms. The van der Waals surface area contributed by atoms with Gasteiger partial charge in [0.1, 0.15) is 0 Å². The lowest BCUT2D eigenvalue weighted by molar-refractivity contribution is -0.126. The Morgan fingerprint density at radius 2 is 1.94 bits per heavy atom. The van der Waals surface area contributed by atoms with Crippen LogP contribution in [-0.4, -0.2) is 36.2 Å². The molecule has 0 aromatic carbocycles. The van der Waals surface area contributed by atoms with Crippen LogP contribution in [0.4, 0.5) is 0 Å². The van der Waals surface area contributed by atoms with Crippen LogP contribution in [0.15, 0.2) is 0 Å². The number of carbonyl (C=O) groups is 1.